The lowest BCUT2D eigenvalue weighted by Gasteiger charge is -2.32. The molecule has 2 rings (SSSR count). The SMILES string of the molecule is C/C=C1/CC(N/C(=C/CC(/C=C/F)=C(C#N)/C=C/F)NC(=O)N(CN)c2cccnc2)C(C(C)C)=C/C1=N/C(C)CC. The van der Waals surface area contributed by atoms with Crippen molar-refractivity contribution in [2.75, 3.05) is 11.6 Å². The summed E-state index contributed by atoms with van der Waals surface area (Å²) in [6, 6.07) is 4.74. The van der Waals surface area contributed by atoms with E-state index in [2.05, 4.69) is 49.4 Å². The van der Waals surface area contributed by atoms with Crippen LogP contribution in [-0.2, 0) is 0 Å². The van der Waals surface area contributed by atoms with Gasteiger partial charge in [0.05, 0.1) is 54.6 Å². The molecule has 0 saturated heterocycles. The van der Waals surface area contributed by atoms with Gasteiger partial charge < -0.3 is 11.1 Å². The molecule has 1 heterocycles. The van der Waals surface area contributed by atoms with Crippen molar-refractivity contribution in [1.82, 2.24) is 15.6 Å². The molecule has 1 aromatic heterocycles. The minimum Gasteiger partial charge on any atom is -0.365 e. The lowest BCUT2D eigenvalue weighted by molar-refractivity contribution is 0.248. The zero-order valence-electron chi connectivity index (χ0n) is 24.9. The number of carbonyl (C=O) groups excluding carboxylic acids is 1. The van der Waals surface area contributed by atoms with Crippen molar-refractivity contribution in [3.8, 4) is 6.07 Å². The molecule has 2 amide bonds. The first-order valence-electron chi connectivity index (χ1n) is 14.0. The maximum Gasteiger partial charge on any atom is 0.328 e. The van der Waals surface area contributed by atoms with Crippen LogP contribution in [0.5, 0.6) is 0 Å². The number of hydrogen-bond donors (Lipinski definition) is 3. The Morgan fingerprint density at radius 2 is 2.05 bits per heavy atom. The number of pyridine rings is 1. The number of nitrogens with zero attached hydrogens (tertiary/aromatic N) is 4. The van der Waals surface area contributed by atoms with Gasteiger partial charge in [0.25, 0.3) is 0 Å². The van der Waals surface area contributed by atoms with Crippen molar-refractivity contribution in [2.45, 2.75) is 66.0 Å². The van der Waals surface area contributed by atoms with Crippen molar-refractivity contribution in [3.05, 3.63) is 95.7 Å². The maximum absolute atomic E-state index is 13.4. The van der Waals surface area contributed by atoms with E-state index in [0.717, 1.165) is 35.4 Å². The third-order valence-electron chi connectivity index (χ3n) is 6.87. The fraction of sp³-hybridized carbons (Fsp3) is 0.375. The molecule has 2 unspecified atom stereocenters. The van der Waals surface area contributed by atoms with Gasteiger partial charge in [0.2, 0.25) is 0 Å². The number of nitrogens with two attached hydrogens (primary N) is 1. The van der Waals surface area contributed by atoms with Crippen molar-refractivity contribution in [2.24, 2.45) is 16.6 Å². The first-order valence-corrected chi connectivity index (χ1v) is 14.0. The fourth-order valence-corrected chi connectivity index (χ4v) is 4.38. The summed E-state index contributed by atoms with van der Waals surface area (Å²) >= 11 is 0. The summed E-state index contributed by atoms with van der Waals surface area (Å²) in [5.74, 6) is 0.490. The lowest BCUT2D eigenvalue weighted by Crippen LogP contribution is -2.47. The Morgan fingerprint density at radius 1 is 1.31 bits per heavy atom. The van der Waals surface area contributed by atoms with Gasteiger partial charge in [0.15, 0.2) is 0 Å². The molecular formula is C32H41F2N7O. The van der Waals surface area contributed by atoms with Gasteiger partial charge in [-0.15, -0.1) is 0 Å². The quantitative estimate of drug-likeness (QED) is 0.146. The third kappa shape index (κ3) is 9.63. The third-order valence-corrected chi connectivity index (χ3v) is 6.87. The summed E-state index contributed by atoms with van der Waals surface area (Å²) in [5.41, 5.74) is 9.71. The Bertz CT molecular complexity index is 1320. The Balaban J connectivity index is 2.57. The Morgan fingerprint density at radius 3 is 2.60 bits per heavy atom. The molecule has 224 valence electrons. The maximum atomic E-state index is 13.4. The highest BCUT2D eigenvalue weighted by Crippen LogP contribution is 2.28. The van der Waals surface area contributed by atoms with Gasteiger partial charge in [-0.2, -0.15) is 5.26 Å². The number of nitriles is 1. The van der Waals surface area contributed by atoms with Crippen molar-refractivity contribution < 1.29 is 13.6 Å². The minimum absolute atomic E-state index is 0.0242. The summed E-state index contributed by atoms with van der Waals surface area (Å²) < 4.78 is 26.1. The van der Waals surface area contributed by atoms with E-state index in [4.69, 9.17) is 10.7 Å². The molecule has 0 aliphatic heterocycles. The van der Waals surface area contributed by atoms with E-state index >= 15 is 0 Å². The molecule has 0 spiro atoms. The van der Waals surface area contributed by atoms with Crippen LogP contribution in [0.2, 0.25) is 0 Å². The van der Waals surface area contributed by atoms with Crippen LogP contribution in [0.25, 0.3) is 0 Å². The normalized spacial score (nSPS) is 19.2. The smallest absolute Gasteiger partial charge is 0.328 e. The highest BCUT2D eigenvalue weighted by atomic mass is 19.1. The predicted octanol–water partition coefficient (Wildman–Crippen LogP) is 6.66. The number of nitrogens with one attached hydrogen (secondary N) is 2. The summed E-state index contributed by atoms with van der Waals surface area (Å²) in [7, 11) is 0. The molecule has 1 aromatic rings. The molecule has 4 N–H and O–H groups in total. The van der Waals surface area contributed by atoms with E-state index < -0.39 is 6.03 Å². The van der Waals surface area contributed by atoms with Gasteiger partial charge >= 0.3 is 6.03 Å². The standard InChI is InChI=1S/C32H41F2N7O/c1-6-23(5)38-29-18-28(22(3)4)30(17-24(29)7-2)39-31(11-10-25(12-14-33)26(19-35)13-15-34)40-32(42)41(21-36)27-9-8-16-37-20-27/h7-9,11-16,18,20,22-23,30,39H,6,10,17,21,36H2,1-5H3,(H,40,42)/b14-12+,15-13+,24-7-,26-25+,31-11-,38-29-. The molecule has 2 atom stereocenters. The second-order valence-corrected chi connectivity index (χ2v) is 10.00. The van der Waals surface area contributed by atoms with Crippen molar-refractivity contribution in [3.63, 3.8) is 0 Å². The zero-order valence-corrected chi connectivity index (χ0v) is 24.9. The van der Waals surface area contributed by atoms with Crippen LogP contribution < -0.4 is 21.3 Å². The zero-order chi connectivity index (χ0) is 31.1. The largest absolute Gasteiger partial charge is 0.365 e. The monoisotopic (exact) mass is 577 g/mol. The second-order valence-electron chi connectivity index (χ2n) is 10.00. The molecule has 0 bridgehead atoms. The molecular weight excluding hydrogens is 536 g/mol. The van der Waals surface area contributed by atoms with Gasteiger partial charge in [-0.3, -0.25) is 20.2 Å². The van der Waals surface area contributed by atoms with Gasteiger partial charge in [-0.25, -0.2) is 13.6 Å². The van der Waals surface area contributed by atoms with Crippen LogP contribution in [0, 0.1) is 17.2 Å². The number of urea groups is 1. The Labute approximate surface area is 247 Å². The molecule has 1 aliphatic carbocycles. The van der Waals surface area contributed by atoms with Gasteiger partial charge in [-0.1, -0.05) is 26.8 Å². The number of allylic oxidation sites excluding steroid dienone is 7. The van der Waals surface area contributed by atoms with Crippen LogP contribution in [0.15, 0.2) is 101 Å². The Kier molecular flexibility index (Phi) is 14.1. The van der Waals surface area contributed by atoms with Crippen molar-refractivity contribution >= 4 is 17.4 Å². The molecule has 0 aromatic carbocycles. The minimum atomic E-state index is -0.517. The fourth-order valence-electron chi connectivity index (χ4n) is 4.38. The molecule has 0 radical (unpaired) electrons. The molecule has 0 saturated carbocycles. The van der Waals surface area contributed by atoms with Crippen molar-refractivity contribution in [1.29, 1.82) is 5.26 Å². The number of halogens is 2. The van der Waals surface area contributed by atoms with E-state index in [1.54, 1.807) is 24.4 Å². The summed E-state index contributed by atoms with van der Waals surface area (Å²) in [6.07, 6.45) is 13.0. The van der Waals surface area contributed by atoms with Crippen LogP contribution in [0.1, 0.15) is 53.9 Å². The number of hydrogen-bond acceptors (Lipinski definition) is 6. The number of aromatic nitrogens is 1. The number of aliphatic imine (C=N–C) groups is 1. The highest BCUT2D eigenvalue weighted by molar-refractivity contribution is 6.10. The van der Waals surface area contributed by atoms with E-state index in [1.807, 2.05) is 19.1 Å². The Hall–Kier alpha value is -4.36. The average Bonchev–Trinajstić information content (AvgIpc) is 2.99. The summed E-state index contributed by atoms with van der Waals surface area (Å²) in [4.78, 5) is 23.7. The van der Waals surface area contributed by atoms with Crippen LogP contribution in [0.4, 0.5) is 19.3 Å². The number of rotatable bonds is 12. The van der Waals surface area contributed by atoms with Gasteiger partial charge in [0.1, 0.15) is 5.82 Å². The predicted molar refractivity (Wildman–Crippen MR) is 166 cm³/mol. The highest BCUT2D eigenvalue weighted by Gasteiger charge is 2.27. The van der Waals surface area contributed by atoms with E-state index in [1.165, 1.54) is 11.1 Å². The second kappa shape index (κ2) is 17.5. The van der Waals surface area contributed by atoms with Gasteiger partial charge in [0, 0.05) is 12.2 Å². The molecule has 1 aliphatic rings. The first kappa shape index (κ1) is 33.8. The molecule has 8 nitrogen and oxygen atoms in total. The number of carbonyl (C=O) groups is 1. The first-order chi connectivity index (χ1) is 20.2. The van der Waals surface area contributed by atoms with E-state index in [-0.39, 0.29) is 54.9 Å². The topological polar surface area (TPSA) is 119 Å². The van der Waals surface area contributed by atoms with Crippen LogP contribution >= 0.6 is 0 Å². The molecule has 0 fully saturated rings. The summed E-state index contributed by atoms with van der Waals surface area (Å²) in [6.45, 7) is 10.2. The number of anilines is 1. The lowest BCUT2D eigenvalue weighted by atomic mass is 9.83. The summed E-state index contributed by atoms with van der Waals surface area (Å²) in [5, 5.41) is 15.8. The number of amides is 2. The van der Waals surface area contributed by atoms with Crippen LogP contribution in [0.3, 0.4) is 0 Å². The van der Waals surface area contributed by atoms with E-state index in [0.29, 0.717) is 17.9 Å². The van der Waals surface area contributed by atoms with Gasteiger partial charge in [-0.05, 0) is 92.2 Å². The van der Waals surface area contributed by atoms with E-state index in [9.17, 15) is 18.8 Å². The van der Waals surface area contributed by atoms with Crippen LogP contribution in [-0.4, -0.2) is 35.5 Å². The molecule has 42 heavy (non-hydrogen) atoms. The average molecular weight is 578 g/mol. The molecule has 10 heteroatoms.